The number of fused-ring (bicyclic) bond motifs is 1. The van der Waals surface area contributed by atoms with Gasteiger partial charge in [0, 0.05) is 17.7 Å². The van der Waals surface area contributed by atoms with Gasteiger partial charge in [0.25, 0.3) is 0 Å². The molecule has 0 aromatic heterocycles. The van der Waals surface area contributed by atoms with E-state index in [0.29, 0.717) is 5.92 Å². The molecular formula is C12H13NO. The van der Waals surface area contributed by atoms with Gasteiger partial charge in [-0.2, -0.15) is 0 Å². The highest BCUT2D eigenvalue weighted by Gasteiger charge is 2.19. The molecule has 0 aromatic rings. The van der Waals surface area contributed by atoms with E-state index in [4.69, 9.17) is 0 Å². The van der Waals surface area contributed by atoms with Crippen LogP contribution in [0.15, 0.2) is 40.6 Å². The number of Topliss-reactive ketones (excluding diaryl/α,β-unsaturated/α-hetero) is 1. The Bertz CT molecular complexity index is 372. The molecule has 2 aliphatic rings. The second-order valence-electron chi connectivity index (χ2n) is 3.60. The number of hydrogen-bond acceptors (Lipinski definition) is 2. The van der Waals surface area contributed by atoms with Gasteiger partial charge >= 0.3 is 0 Å². The first-order valence-corrected chi connectivity index (χ1v) is 4.91. The van der Waals surface area contributed by atoms with Gasteiger partial charge in [0.1, 0.15) is 0 Å². The zero-order valence-electron chi connectivity index (χ0n) is 8.23. The Hall–Kier alpha value is -1.44. The van der Waals surface area contributed by atoms with E-state index in [9.17, 15) is 4.79 Å². The highest BCUT2D eigenvalue weighted by Crippen LogP contribution is 2.29. The third-order valence-corrected chi connectivity index (χ3v) is 2.58. The summed E-state index contributed by atoms with van der Waals surface area (Å²) in [6, 6.07) is 0. The van der Waals surface area contributed by atoms with Gasteiger partial charge in [0.05, 0.1) is 5.70 Å². The van der Waals surface area contributed by atoms with Crippen molar-refractivity contribution in [1.29, 1.82) is 0 Å². The van der Waals surface area contributed by atoms with E-state index in [2.05, 4.69) is 17.1 Å². The van der Waals surface area contributed by atoms with Crippen molar-refractivity contribution in [3.63, 3.8) is 0 Å². The second-order valence-corrected chi connectivity index (χ2v) is 3.60. The zero-order chi connectivity index (χ0) is 9.97. The number of aliphatic imine (C=N–C) groups is 1. The maximum Gasteiger partial charge on any atom is 0.161 e. The summed E-state index contributed by atoms with van der Waals surface area (Å²) in [5, 5.41) is 0. The van der Waals surface area contributed by atoms with Gasteiger partial charge in [-0.15, -0.1) is 0 Å². The average Bonchev–Trinajstić information content (AvgIpc) is 2.39. The topological polar surface area (TPSA) is 29.4 Å². The van der Waals surface area contributed by atoms with Crippen LogP contribution in [0.1, 0.15) is 19.8 Å². The van der Waals surface area contributed by atoms with Crippen molar-refractivity contribution in [3.05, 3.63) is 35.6 Å². The molecule has 1 heterocycles. The number of ketones is 1. The van der Waals surface area contributed by atoms with E-state index in [1.807, 2.05) is 12.2 Å². The Morgan fingerprint density at radius 1 is 1.57 bits per heavy atom. The minimum absolute atomic E-state index is 0.107. The van der Waals surface area contributed by atoms with E-state index in [1.165, 1.54) is 0 Å². The van der Waals surface area contributed by atoms with E-state index in [1.54, 1.807) is 13.1 Å². The largest absolute Gasteiger partial charge is 0.294 e. The molecule has 2 rings (SSSR count). The number of allylic oxidation sites excluding steroid dienone is 5. The lowest BCUT2D eigenvalue weighted by Gasteiger charge is -2.15. The predicted octanol–water partition coefficient (Wildman–Crippen LogP) is 2.44. The molecule has 0 saturated heterocycles. The van der Waals surface area contributed by atoms with Gasteiger partial charge in [0.2, 0.25) is 0 Å². The quantitative estimate of drug-likeness (QED) is 0.620. The number of hydrogen-bond donors (Lipinski definition) is 0. The Balaban J connectivity index is 2.47. The van der Waals surface area contributed by atoms with E-state index in [0.717, 1.165) is 24.1 Å². The van der Waals surface area contributed by atoms with Crippen molar-refractivity contribution in [2.75, 3.05) is 0 Å². The fourth-order valence-corrected chi connectivity index (χ4v) is 1.86. The molecule has 1 aliphatic carbocycles. The Labute approximate surface area is 83.7 Å². The van der Waals surface area contributed by atoms with Crippen LogP contribution >= 0.6 is 0 Å². The SMILES string of the molecule is CC(=O)C1=C2N=CC=CC2CCC=C1. The molecule has 0 saturated carbocycles. The summed E-state index contributed by atoms with van der Waals surface area (Å²) >= 11 is 0. The monoisotopic (exact) mass is 187 g/mol. The van der Waals surface area contributed by atoms with Crippen LogP contribution in [0.5, 0.6) is 0 Å². The highest BCUT2D eigenvalue weighted by molar-refractivity contribution is 5.97. The van der Waals surface area contributed by atoms with E-state index < -0.39 is 0 Å². The third kappa shape index (κ3) is 1.60. The van der Waals surface area contributed by atoms with Crippen molar-refractivity contribution in [1.82, 2.24) is 0 Å². The Morgan fingerprint density at radius 2 is 2.43 bits per heavy atom. The van der Waals surface area contributed by atoms with Crippen LogP contribution in [-0.2, 0) is 4.79 Å². The molecule has 72 valence electrons. The summed E-state index contributed by atoms with van der Waals surface area (Å²) in [5.74, 6) is 0.435. The summed E-state index contributed by atoms with van der Waals surface area (Å²) in [7, 11) is 0. The lowest BCUT2D eigenvalue weighted by molar-refractivity contribution is -0.113. The highest BCUT2D eigenvalue weighted by atomic mass is 16.1. The average molecular weight is 187 g/mol. The normalized spacial score (nSPS) is 24.8. The van der Waals surface area contributed by atoms with Crippen LogP contribution in [0.2, 0.25) is 0 Å². The summed E-state index contributed by atoms with van der Waals surface area (Å²) in [5.41, 5.74) is 1.71. The van der Waals surface area contributed by atoms with Gasteiger partial charge in [0.15, 0.2) is 5.78 Å². The van der Waals surface area contributed by atoms with Crippen molar-refractivity contribution in [3.8, 4) is 0 Å². The first-order valence-electron chi connectivity index (χ1n) is 4.91. The number of rotatable bonds is 1. The molecular weight excluding hydrogens is 174 g/mol. The van der Waals surface area contributed by atoms with Gasteiger partial charge in [-0.3, -0.25) is 9.79 Å². The number of nitrogens with zero attached hydrogens (tertiary/aromatic N) is 1. The minimum atomic E-state index is 0.107. The van der Waals surface area contributed by atoms with E-state index in [-0.39, 0.29) is 5.78 Å². The van der Waals surface area contributed by atoms with Crippen molar-refractivity contribution < 1.29 is 4.79 Å². The molecule has 0 spiro atoms. The molecule has 1 unspecified atom stereocenters. The number of carbonyl (C=O) groups is 1. The maximum atomic E-state index is 11.4. The molecule has 1 aliphatic heterocycles. The lowest BCUT2D eigenvalue weighted by Crippen LogP contribution is -2.07. The predicted molar refractivity (Wildman–Crippen MR) is 57.2 cm³/mol. The molecule has 0 bridgehead atoms. The van der Waals surface area contributed by atoms with Crippen LogP contribution in [0, 0.1) is 5.92 Å². The van der Waals surface area contributed by atoms with Gasteiger partial charge < -0.3 is 0 Å². The van der Waals surface area contributed by atoms with Gasteiger partial charge in [-0.25, -0.2) is 0 Å². The molecule has 0 aromatic carbocycles. The standard InChI is InChI=1S/C12H13NO/c1-9(14)11-7-3-2-5-10-6-4-8-13-12(10)11/h3-4,6-8,10H,2,5H2,1H3. The molecule has 2 heteroatoms. The summed E-state index contributed by atoms with van der Waals surface area (Å²) in [6.07, 6.45) is 11.9. The molecule has 0 fully saturated rings. The minimum Gasteiger partial charge on any atom is -0.294 e. The number of carbonyl (C=O) groups excluding carboxylic acids is 1. The summed E-state index contributed by atoms with van der Waals surface area (Å²) < 4.78 is 0. The molecule has 0 amide bonds. The third-order valence-electron chi connectivity index (χ3n) is 2.58. The molecule has 0 N–H and O–H groups in total. The van der Waals surface area contributed by atoms with Crippen molar-refractivity contribution in [2.45, 2.75) is 19.8 Å². The smallest absolute Gasteiger partial charge is 0.161 e. The van der Waals surface area contributed by atoms with Gasteiger partial charge in [-0.1, -0.05) is 18.2 Å². The summed E-state index contributed by atoms with van der Waals surface area (Å²) in [6.45, 7) is 1.60. The number of dihydropyridines is 1. The van der Waals surface area contributed by atoms with Crippen molar-refractivity contribution in [2.24, 2.45) is 10.9 Å². The van der Waals surface area contributed by atoms with Gasteiger partial charge in [-0.05, 0) is 25.8 Å². The first kappa shape index (κ1) is 9.13. The molecule has 14 heavy (non-hydrogen) atoms. The van der Waals surface area contributed by atoms with Crippen LogP contribution in [0.3, 0.4) is 0 Å². The van der Waals surface area contributed by atoms with Crippen molar-refractivity contribution >= 4 is 12.0 Å². The summed E-state index contributed by atoms with van der Waals surface area (Å²) in [4.78, 5) is 15.7. The fraction of sp³-hybridized carbons (Fsp3) is 0.333. The molecule has 0 radical (unpaired) electrons. The maximum absolute atomic E-state index is 11.4. The van der Waals surface area contributed by atoms with Crippen LogP contribution in [-0.4, -0.2) is 12.0 Å². The van der Waals surface area contributed by atoms with Crippen LogP contribution in [0.25, 0.3) is 0 Å². The zero-order valence-corrected chi connectivity index (χ0v) is 8.23. The van der Waals surface area contributed by atoms with E-state index >= 15 is 0 Å². The van der Waals surface area contributed by atoms with Crippen LogP contribution < -0.4 is 0 Å². The molecule has 2 nitrogen and oxygen atoms in total. The second kappa shape index (κ2) is 3.74. The lowest BCUT2D eigenvalue weighted by atomic mass is 9.95. The molecule has 1 atom stereocenters. The Morgan fingerprint density at radius 3 is 3.21 bits per heavy atom. The first-order chi connectivity index (χ1) is 6.79. The van der Waals surface area contributed by atoms with Crippen LogP contribution in [0.4, 0.5) is 0 Å². The Kier molecular flexibility index (Phi) is 2.44. The fourth-order valence-electron chi connectivity index (χ4n) is 1.86.